The molecular weight excluding hydrogens is 444 g/mol. The molecule has 0 bridgehead atoms. The number of carboxylic acids is 1. The second-order valence-electron chi connectivity index (χ2n) is 7.56. The van der Waals surface area contributed by atoms with Crippen LogP contribution in [0, 0.1) is 11.8 Å². The van der Waals surface area contributed by atoms with Crippen LogP contribution < -0.4 is 15.2 Å². The van der Waals surface area contributed by atoms with Crippen molar-refractivity contribution in [2.24, 2.45) is 24.6 Å². The van der Waals surface area contributed by atoms with Crippen LogP contribution in [0.5, 0.6) is 0 Å². The maximum Gasteiger partial charge on any atom is 0.324 e. The van der Waals surface area contributed by atoms with Gasteiger partial charge in [0.25, 0.3) is 0 Å². The Balaban J connectivity index is 1.86. The number of nitrogens with two attached hydrogens (primary N) is 1. The Morgan fingerprint density at radius 3 is 2.77 bits per heavy atom. The Morgan fingerprint density at radius 1 is 1.50 bits per heavy atom. The first-order chi connectivity index (χ1) is 14.2. The Hall–Kier alpha value is -1.53. The van der Waals surface area contributed by atoms with Crippen LogP contribution in [0.15, 0.2) is 22.1 Å². The molecule has 0 spiro atoms. The summed E-state index contributed by atoms with van der Waals surface area (Å²) in [7, 11) is 2.01. The number of thiazole rings is 1. The first-order valence-corrected chi connectivity index (χ1v) is 12.6. The average Bonchev–Trinajstić information content (AvgIpc) is 3.27. The number of aliphatic carboxylic acids is 1. The van der Waals surface area contributed by atoms with Crippen molar-refractivity contribution in [2.75, 3.05) is 18.6 Å². The van der Waals surface area contributed by atoms with Crippen molar-refractivity contribution < 1.29 is 24.2 Å². The number of amides is 1. The van der Waals surface area contributed by atoms with E-state index in [0.29, 0.717) is 12.1 Å². The molecule has 4 atom stereocenters. The monoisotopic (exact) mass is 468 g/mol. The van der Waals surface area contributed by atoms with Crippen LogP contribution in [-0.4, -0.2) is 57.1 Å². The van der Waals surface area contributed by atoms with E-state index in [2.05, 4.69) is 8.97 Å². The van der Waals surface area contributed by atoms with Gasteiger partial charge in [0, 0.05) is 23.8 Å². The zero-order valence-corrected chi connectivity index (χ0v) is 19.6. The van der Waals surface area contributed by atoms with Crippen molar-refractivity contribution in [3.63, 3.8) is 0 Å². The number of imidazole rings is 1. The highest BCUT2D eigenvalue weighted by Crippen LogP contribution is 2.51. The number of aliphatic hydroxyl groups is 1. The number of rotatable bonds is 7. The maximum atomic E-state index is 12.6. The average molecular weight is 469 g/mol. The lowest BCUT2D eigenvalue weighted by atomic mass is 9.77. The number of carbonyl (C=O) groups excluding carboxylic acids is 2. The molecule has 2 aromatic heterocycles. The van der Waals surface area contributed by atoms with Crippen molar-refractivity contribution >= 4 is 57.1 Å². The van der Waals surface area contributed by atoms with Gasteiger partial charge in [-0.25, -0.2) is 4.57 Å². The van der Waals surface area contributed by atoms with Gasteiger partial charge in [-0.3, -0.25) is 4.79 Å². The van der Waals surface area contributed by atoms with E-state index in [1.165, 1.54) is 16.2 Å². The minimum atomic E-state index is -1.36. The van der Waals surface area contributed by atoms with Crippen molar-refractivity contribution in [1.82, 2.24) is 9.47 Å². The molecule has 2 aliphatic heterocycles. The molecule has 1 fully saturated rings. The number of aromatic nitrogens is 2. The van der Waals surface area contributed by atoms with Crippen molar-refractivity contribution in [3.05, 3.63) is 16.8 Å². The highest BCUT2D eigenvalue weighted by molar-refractivity contribution is 7.99. The van der Waals surface area contributed by atoms with Crippen LogP contribution in [0.3, 0.4) is 0 Å². The van der Waals surface area contributed by atoms with Gasteiger partial charge in [-0.05, 0) is 24.9 Å². The number of fused-ring (bicyclic) bond motifs is 2. The van der Waals surface area contributed by atoms with E-state index in [1.54, 1.807) is 30.4 Å². The third-order valence-corrected chi connectivity index (χ3v) is 9.10. The lowest BCUT2D eigenvalue weighted by Gasteiger charge is -2.47. The summed E-state index contributed by atoms with van der Waals surface area (Å²) in [5.74, 6) is -1.74. The zero-order valence-electron chi connectivity index (χ0n) is 17.1. The molecule has 0 unspecified atom stereocenters. The van der Waals surface area contributed by atoms with Gasteiger partial charge >= 0.3 is 5.16 Å². The Bertz CT molecular complexity index is 1070. The van der Waals surface area contributed by atoms with Crippen LogP contribution in [0.1, 0.15) is 18.7 Å². The summed E-state index contributed by atoms with van der Waals surface area (Å²) >= 11 is 4.78. The summed E-state index contributed by atoms with van der Waals surface area (Å²) in [6.45, 7) is 4.05. The molecule has 1 amide bonds. The van der Waals surface area contributed by atoms with E-state index >= 15 is 0 Å². The standard InChI is InChI=1S/C19H24N4O4S3/c1-8-11(14(18(26)27)23-13(8)12(9(2)24)15(23)25)10-7-22-17(30-10)16(29-6-5-20)21(3)19(22)28-4/h7-9,12-13,24H,5-6,20H2,1-4H3/t8-,9+,12+,13+/m0/s1. The third-order valence-electron chi connectivity index (χ3n) is 5.82. The second-order valence-corrected chi connectivity index (χ2v) is 10.4. The topological polar surface area (TPSA) is 116 Å². The number of aliphatic hydroxyl groups excluding tert-OH is 1. The maximum absolute atomic E-state index is 12.6. The van der Waals surface area contributed by atoms with Gasteiger partial charge in [0.15, 0.2) is 0 Å². The first kappa shape index (κ1) is 21.7. The smallest absolute Gasteiger partial charge is 0.324 e. The van der Waals surface area contributed by atoms with Gasteiger partial charge in [0.2, 0.25) is 15.8 Å². The van der Waals surface area contributed by atoms with E-state index in [9.17, 15) is 19.8 Å². The van der Waals surface area contributed by atoms with E-state index in [0.717, 1.165) is 25.6 Å². The summed E-state index contributed by atoms with van der Waals surface area (Å²) < 4.78 is 4.19. The molecule has 0 radical (unpaired) electrons. The molecule has 8 nitrogen and oxygen atoms in total. The fourth-order valence-electron chi connectivity index (χ4n) is 4.59. The van der Waals surface area contributed by atoms with Gasteiger partial charge in [0.1, 0.15) is 6.20 Å². The summed E-state index contributed by atoms with van der Waals surface area (Å²) in [6.07, 6.45) is 3.11. The van der Waals surface area contributed by atoms with Gasteiger partial charge in [0.05, 0.1) is 41.7 Å². The van der Waals surface area contributed by atoms with Gasteiger partial charge in [-0.2, -0.15) is 4.40 Å². The molecule has 1 saturated heterocycles. The van der Waals surface area contributed by atoms with E-state index in [-0.39, 0.29) is 23.6 Å². The van der Waals surface area contributed by atoms with Crippen LogP contribution >= 0.6 is 34.9 Å². The predicted molar refractivity (Wildman–Crippen MR) is 115 cm³/mol. The number of nitrogens with zero attached hydrogens (tertiary/aromatic N) is 3. The number of carboxylic acid groups (broad SMARTS) is 1. The lowest BCUT2D eigenvalue weighted by molar-refractivity contribution is -0.553. The number of hydrogen-bond donors (Lipinski definition) is 2. The summed E-state index contributed by atoms with van der Waals surface area (Å²) in [6, 6.07) is -0.357. The molecule has 11 heteroatoms. The molecule has 3 N–H and O–H groups in total. The highest BCUT2D eigenvalue weighted by atomic mass is 32.2. The molecule has 2 aliphatic rings. The van der Waals surface area contributed by atoms with E-state index < -0.39 is 18.0 Å². The predicted octanol–water partition coefficient (Wildman–Crippen LogP) is -0.0835. The van der Waals surface area contributed by atoms with Gasteiger partial charge < -0.3 is 25.6 Å². The number of thioether (sulfide) groups is 2. The fourth-order valence-corrected chi connectivity index (χ4v) is 7.75. The number of hydrogen-bond acceptors (Lipinski definition) is 8. The SMILES string of the molecule is CSc1n(C)c(SCCN)c2sc(C3=C(C(=O)[O-])N4C(=O)[C@H]([C@@H](C)O)[C@H]4[C@H]3C)c[n+]12. The Kier molecular flexibility index (Phi) is 5.69. The normalized spacial score (nSPS) is 24.5. The van der Waals surface area contributed by atoms with Gasteiger partial charge in [-0.15, -0.1) is 0 Å². The molecule has 0 aliphatic carbocycles. The summed E-state index contributed by atoms with van der Waals surface area (Å²) in [4.78, 5) is 27.7. The van der Waals surface area contributed by atoms with E-state index in [4.69, 9.17) is 5.73 Å². The number of carbonyl (C=O) groups is 2. The molecular formula is C19H24N4O4S3. The lowest BCUT2D eigenvalue weighted by Crippen LogP contribution is -2.64. The van der Waals surface area contributed by atoms with Gasteiger partial charge in [-0.1, -0.05) is 30.0 Å². The molecule has 0 saturated carbocycles. The minimum absolute atomic E-state index is 0.0647. The molecule has 162 valence electrons. The highest BCUT2D eigenvalue weighted by Gasteiger charge is 2.59. The van der Waals surface area contributed by atoms with Crippen LogP contribution in [0.25, 0.3) is 10.4 Å². The van der Waals surface area contributed by atoms with Crippen LogP contribution in [-0.2, 0) is 16.6 Å². The third kappa shape index (κ3) is 2.94. The second kappa shape index (κ2) is 7.86. The quantitative estimate of drug-likeness (QED) is 0.332. The zero-order chi connectivity index (χ0) is 21.9. The van der Waals surface area contributed by atoms with Crippen molar-refractivity contribution in [2.45, 2.75) is 36.2 Å². The fraction of sp³-hybridized carbons (Fsp3) is 0.526. The van der Waals surface area contributed by atoms with Crippen LogP contribution in [0.4, 0.5) is 0 Å². The Labute approximate surface area is 186 Å². The van der Waals surface area contributed by atoms with Crippen molar-refractivity contribution in [3.8, 4) is 0 Å². The number of β-lactam (4-membered cyclic amide) rings is 1. The molecule has 0 aromatic carbocycles. The van der Waals surface area contributed by atoms with Crippen molar-refractivity contribution in [1.29, 1.82) is 0 Å². The van der Waals surface area contributed by atoms with Crippen LogP contribution in [0.2, 0.25) is 0 Å². The molecule has 30 heavy (non-hydrogen) atoms. The molecule has 4 rings (SSSR count). The summed E-state index contributed by atoms with van der Waals surface area (Å²) in [5.41, 5.74) is 6.24. The first-order valence-electron chi connectivity index (χ1n) is 9.62. The Morgan fingerprint density at radius 2 is 2.20 bits per heavy atom. The van der Waals surface area contributed by atoms with E-state index in [1.807, 2.05) is 26.4 Å². The molecule has 2 aromatic rings. The largest absolute Gasteiger partial charge is 0.543 e. The molecule has 4 heterocycles. The summed E-state index contributed by atoms with van der Waals surface area (Å²) in [5, 5.41) is 24.2. The minimum Gasteiger partial charge on any atom is -0.543 e.